The van der Waals surface area contributed by atoms with Crippen LogP contribution in [0.5, 0.6) is 0 Å². The zero-order valence-corrected chi connectivity index (χ0v) is 14.3. The number of fused-ring (bicyclic) bond motifs is 3. The van der Waals surface area contributed by atoms with Crippen LogP contribution in [0.1, 0.15) is 44.9 Å². The molecule has 1 unspecified atom stereocenters. The van der Waals surface area contributed by atoms with E-state index in [2.05, 4.69) is 82.3 Å². The van der Waals surface area contributed by atoms with Crippen molar-refractivity contribution in [2.75, 3.05) is 0 Å². The highest BCUT2D eigenvalue weighted by atomic mass is 14.3. The Labute approximate surface area is 138 Å². The van der Waals surface area contributed by atoms with Gasteiger partial charge in [0, 0.05) is 5.92 Å². The van der Waals surface area contributed by atoms with E-state index in [4.69, 9.17) is 0 Å². The molecule has 4 rings (SSSR count). The van der Waals surface area contributed by atoms with Crippen LogP contribution in [0, 0.1) is 27.7 Å². The van der Waals surface area contributed by atoms with E-state index in [1.54, 1.807) is 0 Å². The number of hydrogen-bond acceptors (Lipinski definition) is 0. The maximum atomic E-state index is 2.32. The third kappa shape index (κ3) is 2.05. The van der Waals surface area contributed by atoms with Crippen molar-refractivity contribution < 1.29 is 0 Å². The number of aryl methyl sites for hydroxylation is 4. The molecule has 0 nitrogen and oxygen atoms in total. The van der Waals surface area contributed by atoms with Crippen molar-refractivity contribution in [3.8, 4) is 11.1 Å². The van der Waals surface area contributed by atoms with Crippen LogP contribution in [-0.2, 0) is 0 Å². The monoisotopic (exact) mass is 298 g/mol. The molecule has 0 saturated carbocycles. The van der Waals surface area contributed by atoms with E-state index >= 15 is 0 Å². The minimum absolute atomic E-state index is 0.363. The van der Waals surface area contributed by atoms with Crippen molar-refractivity contribution in [3.63, 3.8) is 0 Å². The summed E-state index contributed by atoms with van der Waals surface area (Å²) in [4.78, 5) is 0. The molecule has 0 heteroatoms. The summed E-state index contributed by atoms with van der Waals surface area (Å²) in [5, 5.41) is 0. The molecule has 0 heterocycles. The van der Waals surface area contributed by atoms with Gasteiger partial charge in [0.15, 0.2) is 0 Å². The maximum Gasteiger partial charge on any atom is 0.0357 e. The predicted octanol–water partition coefficient (Wildman–Crippen LogP) is 6.08. The second-order valence-corrected chi connectivity index (χ2v) is 6.87. The largest absolute Gasteiger partial charge is 0.0619 e. The van der Waals surface area contributed by atoms with Gasteiger partial charge in [-0.15, -0.1) is 0 Å². The van der Waals surface area contributed by atoms with Crippen molar-refractivity contribution in [3.05, 3.63) is 93.5 Å². The van der Waals surface area contributed by atoms with Gasteiger partial charge in [0.2, 0.25) is 0 Å². The van der Waals surface area contributed by atoms with E-state index in [-0.39, 0.29) is 0 Å². The zero-order chi connectivity index (χ0) is 16.1. The molecular weight excluding hydrogens is 276 g/mol. The topological polar surface area (TPSA) is 0 Å². The van der Waals surface area contributed by atoms with Crippen LogP contribution >= 0.6 is 0 Å². The van der Waals surface area contributed by atoms with Crippen LogP contribution in [-0.4, -0.2) is 0 Å². The minimum Gasteiger partial charge on any atom is -0.0619 e. The first-order valence-corrected chi connectivity index (χ1v) is 8.34. The summed E-state index contributed by atoms with van der Waals surface area (Å²) in [7, 11) is 0. The number of benzene rings is 3. The minimum atomic E-state index is 0.363. The third-order valence-corrected chi connectivity index (χ3v) is 5.18. The summed E-state index contributed by atoms with van der Waals surface area (Å²) in [6.07, 6.45) is 0. The molecule has 0 aliphatic heterocycles. The zero-order valence-electron chi connectivity index (χ0n) is 14.3. The first-order valence-electron chi connectivity index (χ1n) is 8.34. The van der Waals surface area contributed by atoms with Crippen LogP contribution in [0.2, 0.25) is 0 Å². The van der Waals surface area contributed by atoms with Crippen LogP contribution in [0.3, 0.4) is 0 Å². The lowest BCUT2D eigenvalue weighted by Gasteiger charge is -2.20. The van der Waals surface area contributed by atoms with Crippen LogP contribution in [0.4, 0.5) is 0 Å². The molecule has 0 N–H and O–H groups in total. The Bertz CT molecular complexity index is 892. The third-order valence-electron chi connectivity index (χ3n) is 5.18. The molecule has 0 radical (unpaired) electrons. The highest BCUT2D eigenvalue weighted by Crippen LogP contribution is 2.50. The summed E-state index contributed by atoms with van der Waals surface area (Å²) in [6.45, 7) is 8.93. The number of hydrogen-bond donors (Lipinski definition) is 0. The van der Waals surface area contributed by atoms with Crippen molar-refractivity contribution in [1.82, 2.24) is 0 Å². The molecule has 0 bridgehead atoms. The SMILES string of the molecule is Cc1cc(C)c(C2c3ccccc3-c3c(C)cccc32)c(C)c1. The van der Waals surface area contributed by atoms with Crippen molar-refractivity contribution in [1.29, 1.82) is 0 Å². The summed E-state index contributed by atoms with van der Waals surface area (Å²) in [5.74, 6) is 0.363. The first kappa shape index (κ1) is 14.3. The summed E-state index contributed by atoms with van der Waals surface area (Å²) in [6, 6.07) is 20.3. The lowest BCUT2D eigenvalue weighted by atomic mass is 9.83. The normalized spacial score (nSPS) is 15.4. The van der Waals surface area contributed by atoms with E-state index in [9.17, 15) is 0 Å². The van der Waals surface area contributed by atoms with E-state index < -0.39 is 0 Å². The van der Waals surface area contributed by atoms with Crippen LogP contribution in [0.15, 0.2) is 54.6 Å². The van der Waals surface area contributed by atoms with Gasteiger partial charge in [0.25, 0.3) is 0 Å². The molecule has 1 aliphatic carbocycles. The molecule has 0 aromatic heterocycles. The molecule has 0 amide bonds. The summed E-state index contributed by atoms with van der Waals surface area (Å²) < 4.78 is 0. The first-order chi connectivity index (χ1) is 11.1. The Balaban J connectivity index is 2.07. The lowest BCUT2D eigenvalue weighted by Crippen LogP contribution is -2.05. The molecule has 3 aromatic carbocycles. The number of rotatable bonds is 1. The van der Waals surface area contributed by atoms with Crippen LogP contribution < -0.4 is 0 Å². The quantitative estimate of drug-likeness (QED) is 0.399. The second-order valence-electron chi connectivity index (χ2n) is 6.87. The Morgan fingerprint density at radius 3 is 2.04 bits per heavy atom. The highest BCUT2D eigenvalue weighted by Gasteiger charge is 2.32. The fourth-order valence-corrected chi connectivity index (χ4v) is 4.40. The van der Waals surface area contributed by atoms with Crippen molar-refractivity contribution in [2.45, 2.75) is 33.6 Å². The van der Waals surface area contributed by atoms with E-state index in [0.717, 1.165) is 0 Å². The van der Waals surface area contributed by atoms with Gasteiger partial charge in [-0.25, -0.2) is 0 Å². The molecule has 3 aromatic rings. The van der Waals surface area contributed by atoms with E-state index in [1.807, 2.05) is 0 Å². The van der Waals surface area contributed by atoms with E-state index in [1.165, 1.54) is 50.1 Å². The molecule has 1 aliphatic rings. The molecule has 1 atom stereocenters. The molecule has 0 fully saturated rings. The van der Waals surface area contributed by atoms with Gasteiger partial charge >= 0.3 is 0 Å². The average Bonchev–Trinajstić information content (AvgIpc) is 2.83. The smallest absolute Gasteiger partial charge is 0.0357 e. The predicted molar refractivity (Wildman–Crippen MR) is 98.2 cm³/mol. The van der Waals surface area contributed by atoms with Gasteiger partial charge in [0.05, 0.1) is 0 Å². The average molecular weight is 298 g/mol. The van der Waals surface area contributed by atoms with Gasteiger partial charge < -0.3 is 0 Å². The second kappa shape index (κ2) is 5.09. The Kier molecular flexibility index (Phi) is 3.16. The highest BCUT2D eigenvalue weighted by molar-refractivity contribution is 5.83. The molecule has 114 valence electrons. The summed E-state index contributed by atoms with van der Waals surface area (Å²) in [5.41, 5.74) is 12.8. The fourth-order valence-electron chi connectivity index (χ4n) is 4.40. The lowest BCUT2D eigenvalue weighted by molar-refractivity contribution is 0.975. The van der Waals surface area contributed by atoms with Crippen molar-refractivity contribution in [2.24, 2.45) is 0 Å². The molecule has 0 spiro atoms. The van der Waals surface area contributed by atoms with Crippen LogP contribution in [0.25, 0.3) is 11.1 Å². The molecule has 0 saturated heterocycles. The standard InChI is InChI=1S/C23H22/c1-14-12-16(3)21(17(4)13-14)23-19-10-6-5-9-18(19)22-15(2)8-7-11-20(22)23/h5-13,23H,1-4H3. The van der Waals surface area contributed by atoms with Gasteiger partial charge in [-0.2, -0.15) is 0 Å². The van der Waals surface area contributed by atoms with Crippen molar-refractivity contribution >= 4 is 0 Å². The fraction of sp³-hybridized carbons (Fsp3) is 0.217. The van der Waals surface area contributed by atoms with Gasteiger partial charge in [-0.05, 0) is 72.2 Å². The molecule has 23 heavy (non-hydrogen) atoms. The van der Waals surface area contributed by atoms with Gasteiger partial charge in [-0.3, -0.25) is 0 Å². The Morgan fingerprint density at radius 2 is 1.30 bits per heavy atom. The molecular formula is C23H22. The Hall–Kier alpha value is -2.34. The maximum absolute atomic E-state index is 2.32. The van der Waals surface area contributed by atoms with Gasteiger partial charge in [-0.1, -0.05) is 60.2 Å². The Morgan fingerprint density at radius 1 is 0.652 bits per heavy atom. The summed E-state index contributed by atoms with van der Waals surface area (Å²) >= 11 is 0. The van der Waals surface area contributed by atoms with E-state index in [0.29, 0.717) is 5.92 Å². The van der Waals surface area contributed by atoms with Gasteiger partial charge in [0.1, 0.15) is 0 Å².